The van der Waals surface area contributed by atoms with Gasteiger partial charge >= 0.3 is 0 Å². The highest BCUT2D eigenvalue weighted by Gasteiger charge is 2.37. The van der Waals surface area contributed by atoms with Crippen LogP contribution in [0.5, 0.6) is 0 Å². The molecule has 3 nitrogen and oxygen atoms in total. The van der Waals surface area contributed by atoms with Crippen molar-refractivity contribution in [2.75, 3.05) is 11.9 Å². The topological polar surface area (TPSA) is 33.5 Å². The molecule has 1 aliphatic heterocycles. The lowest BCUT2D eigenvalue weighted by Crippen LogP contribution is -3.15. The molecule has 1 aliphatic rings. The number of amides is 1. The lowest BCUT2D eigenvalue weighted by atomic mass is 10.1. The molecular weight excluding hydrogens is 328 g/mol. The number of fused-ring (bicyclic) bond motifs is 1. The molecule has 1 fully saturated rings. The van der Waals surface area contributed by atoms with Crippen LogP contribution in [0.2, 0.25) is 0 Å². The Bertz CT molecular complexity index is 869. The van der Waals surface area contributed by atoms with Crippen LogP contribution in [-0.2, 0) is 4.79 Å². The zero-order chi connectivity index (χ0) is 17.2. The van der Waals surface area contributed by atoms with Gasteiger partial charge in [-0.1, -0.05) is 42.5 Å². The van der Waals surface area contributed by atoms with Gasteiger partial charge in [0.15, 0.2) is 6.04 Å². The summed E-state index contributed by atoms with van der Waals surface area (Å²) < 4.78 is 0. The van der Waals surface area contributed by atoms with Gasteiger partial charge in [0.1, 0.15) is 6.04 Å². The fourth-order valence-corrected chi connectivity index (χ4v) is 4.85. The van der Waals surface area contributed by atoms with Crippen LogP contribution in [0.25, 0.3) is 10.8 Å². The number of nitrogens with one attached hydrogen (secondary N) is 2. The second-order valence-electron chi connectivity index (χ2n) is 6.77. The molecule has 0 radical (unpaired) electrons. The van der Waals surface area contributed by atoms with Gasteiger partial charge in [0.2, 0.25) is 0 Å². The normalized spacial score (nSPS) is 21.3. The smallest absolute Gasteiger partial charge is 0.282 e. The van der Waals surface area contributed by atoms with Crippen LogP contribution in [-0.4, -0.2) is 18.5 Å². The Morgan fingerprint density at radius 2 is 2.00 bits per heavy atom. The minimum atomic E-state index is -0.0615. The Hall–Kier alpha value is -2.17. The van der Waals surface area contributed by atoms with Crippen LogP contribution in [0.3, 0.4) is 0 Å². The molecule has 1 aromatic heterocycles. The molecule has 3 atom stereocenters. The van der Waals surface area contributed by atoms with E-state index in [0.29, 0.717) is 6.04 Å². The maximum absolute atomic E-state index is 12.9. The fourth-order valence-electron chi connectivity index (χ4n) is 3.95. The molecule has 0 aliphatic carbocycles. The first-order valence-electron chi connectivity index (χ1n) is 8.91. The Morgan fingerprint density at radius 1 is 1.16 bits per heavy atom. The van der Waals surface area contributed by atoms with Gasteiger partial charge in [-0.05, 0) is 29.8 Å². The van der Waals surface area contributed by atoms with Gasteiger partial charge < -0.3 is 10.2 Å². The lowest BCUT2D eigenvalue weighted by molar-refractivity contribution is -0.931. The molecule has 1 amide bonds. The fraction of sp³-hybridized carbons (Fsp3) is 0.286. The quantitative estimate of drug-likeness (QED) is 0.739. The largest absolute Gasteiger partial charge is 0.320 e. The van der Waals surface area contributed by atoms with Crippen molar-refractivity contribution in [3.8, 4) is 0 Å². The molecule has 1 saturated heterocycles. The van der Waals surface area contributed by atoms with Gasteiger partial charge in [0, 0.05) is 23.9 Å². The first-order valence-corrected chi connectivity index (χ1v) is 9.79. The van der Waals surface area contributed by atoms with Crippen molar-refractivity contribution >= 4 is 33.7 Å². The molecule has 0 spiro atoms. The van der Waals surface area contributed by atoms with E-state index in [1.165, 1.54) is 22.6 Å². The van der Waals surface area contributed by atoms with Gasteiger partial charge in [-0.25, -0.2) is 0 Å². The number of likely N-dealkylation sites (tertiary alicyclic amines) is 1. The molecule has 2 aromatic carbocycles. The molecule has 0 bridgehead atoms. The Morgan fingerprint density at radius 3 is 2.84 bits per heavy atom. The van der Waals surface area contributed by atoms with Gasteiger partial charge in [0.05, 0.1) is 11.4 Å². The average Bonchev–Trinajstić information content (AvgIpc) is 3.32. The number of benzene rings is 2. The van der Waals surface area contributed by atoms with E-state index in [-0.39, 0.29) is 11.9 Å². The zero-order valence-corrected chi connectivity index (χ0v) is 15.2. The molecule has 2 N–H and O–H groups in total. The molecule has 0 saturated carbocycles. The van der Waals surface area contributed by atoms with Crippen LogP contribution >= 0.6 is 11.3 Å². The van der Waals surface area contributed by atoms with Crippen molar-refractivity contribution in [3.63, 3.8) is 0 Å². The van der Waals surface area contributed by atoms with Crippen molar-refractivity contribution in [1.82, 2.24) is 0 Å². The minimum absolute atomic E-state index is 0.0615. The number of carbonyl (C=O) groups is 1. The highest BCUT2D eigenvalue weighted by molar-refractivity contribution is 7.10. The summed E-state index contributed by atoms with van der Waals surface area (Å²) in [6, 6.07) is 18.9. The summed E-state index contributed by atoms with van der Waals surface area (Å²) in [5.41, 5.74) is 0.904. The summed E-state index contributed by atoms with van der Waals surface area (Å²) in [6.45, 7) is 3.12. The van der Waals surface area contributed by atoms with Crippen LogP contribution in [0.4, 0.5) is 5.69 Å². The van der Waals surface area contributed by atoms with E-state index in [1.54, 1.807) is 11.3 Å². The monoisotopic (exact) mass is 351 g/mol. The highest BCUT2D eigenvalue weighted by Crippen LogP contribution is 2.25. The van der Waals surface area contributed by atoms with E-state index in [1.807, 2.05) is 24.3 Å². The molecule has 25 heavy (non-hydrogen) atoms. The molecule has 4 rings (SSSR count). The average molecular weight is 351 g/mol. The molecular formula is C21H23N2OS+. The van der Waals surface area contributed by atoms with E-state index in [2.05, 4.69) is 48.0 Å². The standard InChI is InChI=1S/C21H22N2OS/c1-15(23-13-5-11-19(23)20-12-6-14-25-20)21(24)22-18-10-4-8-16-7-2-3-9-17(16)18/h2-4,6-10,12,14-15,19H,5,11,13H2,1H3,(H,22,24)/p+1/t15-,19-/m1/s1. The Balaban J connectivity index is 1.54. The van der Waals surface area contributed by atoms with E-state index >= 15 is 0 Å². The second-order valence-corrected chi connectivity index (χ2v) is 7.75. The molecule has 2 heterocycles. The first-order chi connectivity index (χ1) is 12.2. The number of anilines is 1. The molecule has 128 valence electrons. The highest BCUT2D eigenvalue weighted by atomic mass is 32.1. The predicted molar refractivity (Wildman–Crippen MR) is 104 cm³/mol. The molecule has 4 heteroatoms. The van der Waals surface area contributed by atoms with Gasteiger partial charge in [-0.15, -0.1) is 11.3 Å². The van der Waals surface area contributed by atoms with Crippen LogP contribution in [0.15, 0.2) is 60.0 Å². The number of thiophene rings is 1. The van der Waals surface area contributed by atoms with Gasteiger partial charge in [0.25, 0.3) is 5.91 Å². The predicted octanol–water partition coefficient (Wildman–Crippen LogP) is 3.65. The zero-order valence-electron chi connectivity index (χ0n) is 14.4. The van der Waals surface area contributed by atoms with Crippen LogP contribution in [0.1, 0.15) is 30.7 Å². The van der Waals surface area contributed by atoms with Gasteiger partial charge in [-0.2, -0.15) is 0 Å². The van der Waals surface area contributed by atoms with E-state index in [0.717, 1.165) is 23.0 Å². The molecule has 3 aromatic rings. The number of rotatable bonds is 4. The van der Waals surface area contributed by atoms with Gasteiger partial charge in [-0.3, -0.25) is 4.79 Å². The van der Waals surface area contributed by atoms with Crippen molar-refractivity contribution < 1.29 is 9.69 Å². The van der Waals surface area contributed by atoms with Crippen LogP contribution < -0.4 is 10.2 Å². The third-order valence-electron chi connectivity index (χ3n) is 5.29. The minimum Gasteiger partial charge on any atom is -0.320 e. The van der Waals surface area contributed by atoms with Crippen molar-refractivity contribution in [2.24, 2.45) is 0 Å². The van der Waals surface area contributed by atoms with E-state index < -0.39 is 0 Å². The maximum atomic E-state index is 12.9. The number of carbonyl (C=O) groups excluding carboxylic acids is 1. The SMILES string of the molecule is C[C@H](C(=O)Nc1cccc2ccccc12)[NH+]1CCC[C@@H]1c1cccs1. The van der Waals surface area contributed by atoms with Crippen LogP contribution in [0, 0.1) is 0 Å². The lowest BCUT2D eigenvalue weighted by Gasteiger charge is -2.26. The summed E-state index contributed by atoms with van der Waals surface area (Å²) >= 11 is 1.81. The van der Waals surface area contributed by atoms with E-state index in [9.17, 15) is 4.79 Å². The van der Waals surface area contributed by atoms with Crippen molar-refractivity contribution in [3.05, 3.63) is 64.9 Å². The third-order valence-corrected chi connectivity index (χ3v) is 6.28. The summed E-state index contributed by atoms with van der Waals surface area (Å²) in [6.07, 6.45) is 2.35. The first kappa shape index (κ1) is 16.3. The Kier molecular flexibility index (Phi) is 4.55. The summed E-state index contributed by atoms with van der Waals surface area (Å²) in [4.78, 5) is 15.7. The summed E-state index contributed by atoms with van der Waals surface area (Å²) in [5, 5.41) is 7.55. The summed E-state index contributed by atoms with van der Waals surface area (Å²) in [5.74, 6) is 0.106. The van der Waals surface area contributed by atoms with Crippen molar-refractivity contribution in [2.45, 2.75) is 31.8 Å². The van der Waals surface area contributed by atoms with Crippen molar-refractivity contribution in [1.29, 1.82) is 0 Å². The third kappa shape index (κ3) is 3.20. The Labute approximate surface area is 152 Å². The molecule has 1 unspecified atom stereocenters. The summed E-state index contributed by atoms with van der Waals surface area (Å²) in [7, 11) is 0. The number of hydrogen-bond acceptors (Lipinski definition) is 2. The number of hydrogen-bond donors (Lipinski definition) is 2. The van der Waals surface area contributed by atoms with E-state index in [4.69, 9.17) is 0 Å². The second kappa shape index (κ2) is 6.98. The number of quaternary nitrogens is 1. The maximum Gasteiger partial charge on any atom is 0.282 e.